The molecule has 0 rings (SSSR count). The minimum absolute atomic E-state index is 0.640. The van der Waals surface area contributed by atoms with Gasteiger partial charge in [-0.1, -0.05) is 33.8 Å². The number of rotatable bonds is 8. The fourth-order valence-electron chi connectivity index (χ4n) is 0.849. The fraction of sp³-hybridized carbons (Fsp3) is 0.750. The zero-order valence-electron chi connectivity index (χ0n) is 10.2. The van der Waals surface area contributed by atoms with Crippen molar-refractivity contribution in [2.45, 2.75) is 27.7 Å². The molecule has 0 aromatic carbocycles. The van der Waals surface area contributed by atoms with Crippen LogP contribution in [0.25, 0.3) is 0 Å². The largest absolute Gasteiger partial charge is 0.297 e. The van der Waals surface area contributed by atoms with Gasteiger partial charge in [-0.15, -0.1) is 11.8 Å². The summed E-state index contributed by atoms with van der Waals surface area (Å²) in [6, 6.07) is 0. The van der Waals surface area contributed by atoms with E-state index >= 15 is 0 Å². The summed E-state index contributed by atoms with van der Waals surface area (Å²) in [5.74, 6) is 4.52. The third-order valence-electron chi connectivity index (χ3n) is 1.55. The van der Waals surface area contributed by atoms with Gasteiger partial charge in [-0.25, -0.2) is 0 Å². The van der Waals surface area contributed by atoms with Gasteiger partial charge in [0, 0.05) is 16.4 Å². The standard InChI is InChI=1S/C12H22OS2/c1-10(2)8-14-6-5-12(7-13)15-9-11(3)4/h5,7,10-11H,6,8-9H2,1-4H3/b12-5+. The first-order valence-corrected chi connectivity index (χ1v) is 7.56. The third-order valence-corrected chi connectivity index (χ3v) is 4.29. The lowest BCUT2D eigenvalue weighted by Crippen LogP contribution is -1.94. The maximum absolute atomic E-state index is 10.7. The highest BCUT2D eigenvalue weighted by Crippen LogP contribution is 2.18. The van der Waals surface area contributed by atoms with E-state index in [-0.39, 0.29) is 0 Å². The van der Waals surface area contributed by atoms with Gasteiger partial charge >= 0.3 is 0 Å². The topological polar surface area (TPSA) is 17.1 Å². The smallest absolute Gasteiger partial charge is 0.156 e. The Morgan fingerprint density at radius 1 is 1.13 bits per heavy atom. The molecule has 0 amide bonds. The molecule has 0 unspecified atom stereocenters. The van der Waals surface area contributed by atoms with Crippen LogP contribution in [0.1, 0.15) is 27.7 Å². The van der Waals surface area contributed by atoms with Crippen LogP contribution in [0.3, 0.4) is 0 Å². The van der Waals surface area contributed by atoms with Crippen LogP contribution in [0.4, 0.5) is 0 Å². The van der Waals surface area contributed by atoms with Crippen LogP contribution in [0.5, 0.6) is 0 Å². The molecule has 0 aliphatic carbocycles. The molecule has 0 aromatic heterocycles. The van der Waals surface area contributed by atoms with Crippen LogP contribution in [0.15, 0.2) is 11.0 Å². The van der Waals surface area contributed by atoms with Gasteiger partial charge in [-0.05, 0) is 17.6 Å². The number of hydrogen-bond acceptors (Lipinski definition) is 3. The zero-order chi connectivity index (χ0) is 11.7. The van der Waals surface area contributed by atoms with Crippen molar-refractivity contribution in [3.63, 3.8) is 0 Å². The van der Waals surface area contributed by atoms with Crippen molar-refractivity contribution in [1.82, 2.24) is 0 Å². The molecule has 0 fully saturated rings. The van der Waals surface area contributed by atoms with Crippen molar-refractivity contribution in [2.24, 2.45) is 11.8 Å². The fourth-order valence-corrected chi connectivity index (χ4v) is 2.65. The molecule has 0 aliphatic rings. The van der Waals surface area contributed by atoms with E-state index in [4.69, 9.17) is 0 Å². The van der Waals surface area contributed by atoms with Gasteiger partial charge in [0.15, 0.2) is 6.29 Å². The Morgan fingerprint density at radius 2 is 1.73 bits per heavy atom. The summed E-state index contributed by atoms with van der Waals surface area (Å²) < 4.78 is 0. The monoisotopic (exact) mass is 246 g/mol. The van der Waals surface area contributed by atoms with Gasteiger partial charge in [-0.2, -0.15) is 11.8 Å². The van der Waals surface area contributed by atoms with E-state index in [1.165, 1.54) is 0 Å². The minimum Gasteiger partial charge on any atom is -0.297 e. The van der Waals surface area contributed by atoms with Crippen LogP contribution < -0.4 is 0 Å². The second-order valence-electron chi connectivity index (χ2n) is 4.36. The van der Waals surface area contributed by atoms with E-state index in [0.717, 1.165) is 34.4 Å². The van der Waals surface area contributed by atoms with Crippen LogP contribution in [0, 0.1) is 11.8 Å². The predicted molar refractivity (Wildman–Crippen MR) is 73.6 cm³/mol. The van der Waals surface area contributed by atoms with Crippen molar-refractivity contribution >= 4 is 29.8 Å². The van der Waals surface area contributed by atoms with E-state index in [2.05, 4.69) is 27.7 Å². The average Bonchev–Trinajstić information content (AvgIpc) is 2.16. The molecule has 0 bridgehead atoms. The Kier molecular flexibility index (Phi) is 9.41. The molecule has 0 aromatic rings. The maximum atomic E-state index is 10.7. The van der Waals surface area contributed by atoms with Crippen LogP contribution in [0.2, 0.25) is 0 Å². The highest BCUT2D eigenvalue weighted by atomic mass is 32.2. The zero-order valence-corrected chi connectivity index (χ0v) is 11.8. The lowest BCUT2D eigenvalue weighted by molar-refractivity contribution is -0.104. The SMILES string of the molecule is CC(C)CSC/C=C(\C=O)SCC(C)C. The molecular weight excluding hydrogens is 224 g/mol. The number of carbonyl (C=O) groups excluding carboxylic acids is 1. The molecule has 0 N–H and O–H groups in total. The third kappa shape index (κ3) is 10.4. The van der Waals surface area contributed by atoms with E-state index in [1.54, 1.807) is 11.8 Å². The van der Waals surface area contributed by atoms with Crippen molar-refractivity contribution in [3.05, 3.63) is 11.0 Å². The predicted octanol–water partition coefficient (Wildman–Crippen LogP) is 3.85. The quantitative estimate of drug-likeness (QED) is 0.368. The summed E-state index contributed by atoms with van der Waals surface area (Å²) in [6.07, 6.45) is 3.02. The summed E-state index contributed by atoms with van der Waals surface area (Å²) in [7, 11) is 0. The molecule has 1 nitrogen and oxygen atoms in total. The maximum Gasteiger partial charge on any atom is 0.156 e. The molecule has 3 heteroatoms. The molecule has 15 heavy (non-hydrogen) atoms. The second-order valence-corrected chi connectivity index (χ2v) is 6.53. The highest BCUT2D eigenvalue weighted by Gasteiger charge is 1.99. The number of carbonyl (C=O) groups is 1. The van der Waals surface area contributed by atoms with Crippen LogP contribution in [-0.4, -0.2) is 23.5 Å². The lowest BCUT2D eigenvalue weighted by atomic mass is 10.3. The van der Waals surface area contributed by atoms with Crippen molar-refractivity contribution in [1.29, 1.82) is 0 Å². The van der Waals surface area contributed by atoms with Gasteiger partial charge in [0.05, 0.1) is 0 Å². The molecule has 0 heterocycles. The van der Waals surface area contributed by atoms with Crippen LogP contribution >= 0.6 is 23.5 Å². The van der Waals surface area contributed by atoms with Gasteiger partial charge in [0.25, 0.3) is 0 Å². The molecule has 0 aliphatic heterocycles. The lowest BCUT2D eigenvalue weighted by Gasteiger charge is -2.04. The molecule has 0 spiro atoms. The number of thioether (sulfide) groups is 2. The first-order chi connectivity index (χ1) is 7.06. The molecule has 0 saturated carbocycles. The van der Waals surface area contributed by atoms with Crippen molar-refractivity contribution in [3.8, 4) is 0 Å². The minimum atomic E-state index is 0.640. The van der Waals surface area contributed by atoms with Crippen molar-refractivity contribution < 1.29 is 4.79 Å². The van der Waals surface area contributed by atoms with E-state index < -0.39 is 0 Å². The highest BCUT2D eigenvalue weighted by molar-refractivity contribution is 8.04. The van der Waals surface area contributed by atoms with E-state index in [0.29, 0.717) is 5.92 Å². The summed E-state index contributed by atoms with van der Waals surface area (Å²) >= 11 is 3.56. The molecule has 88 valence electrons. The van der Waals surface area contributed by atoms with Gasteiger partial charge in [-0.3, -0.25) is 4.79 Å². The molecule has 0 atom stereocenters. The number of aldehydes is 1. The van der Waals surface area contributed by atoms with E-state index in [1.807, 2.05) is 17.8 Å². The summed E-state index contributed by atoms with van der Waals surface area (Å²) in [6.45, 7) is 8.77. The van der Waals surface area contributed by atoms with Gasteiger partial charge in [0.2, 0.25) is 0 Å². The first-order valence-electron chi connectivity index (χ1n) is 5.42. The molecule has 0 radical (unpaired) electrons. The molecular formula is C12H22OS2. The summed E-state index contributed by atoms with van der Waals surface area (Å²) in [5, 5.41) is 0. The second kappa shape index (κ2) is 9.34. The Labute approximate surface area is 102 Å². The van der Waals surface area contributed by atoms with E-state index in [9.17, 15) is 4.79 Å². The molecule has 0 saturated heterocycles. The Balaban J connectivity index is 3.74. The Hall–Kier alpha value is 0.110. The number of allylic oxidation sites excluding steroid dienone is 1. The summed E-state index contributed by atoms with van der Waals surface area (Å²) in [4.78, 5) is 11.6. The first kappa shape index (κ1) is 15.1. The Morgan fingerprint density at radius 3 is 2.20 bits per heavy atom. The average molecular weight is 246 g/mol. The Bertz CT molecular complexity index is 198. The van der Waals surface area contributed by atoms with Gasteiger partial charge < -0.3 is 0 Å². The van der Waals surface area contributed by atoms with Crippen molar-refractivity contribution in [2.75, 3.05) is 17.3 Å². The van der Waals surface area contributed by atoms with Crippen LogP contribution in [-0.2, 0) is 4.79 Å². The summed E-state index contributed by atoms with van der Waals surface area (Å²) in [5.41, 5.74) is 0. The number of hydrogen-bond donors (Lipinski definition) is 0. The van der Waals surface area contributed by atoms with Gasteiger partial charge in [0.1, 0.15) is 0 Å². The normalized spacial score (nSPS) is 12.5.